The van der Waals surface area contributed by atoms with Gasteiger partial charge < -0.3 is 0 Å². The minimum absolute atomic E-state index is 0.153. The van der Waals surface area contributed by atoms with Crippen LogP contribution in [0.3, 0.4) is 0 Å². The van der Waals surface area contributed by atoms with Gasteiger partial charge in [0.25, 0.3) is 0 Å². The maximum atomic E-state index is 10.9. The van der Waals surface area contributed by atoms with E-state index in [0.717, 1.165) is 0 Å². The van der Waals surface area contributed by atoms with E-state index in [2.05, 4.69) is 27.9 Å². The van der Waals surface area contributed by atoms with Crippen molar-refractivity contribution in [2.75, 3.05) is 0 Å². The fraction of sp³-hybridized carbons (Fsp3) is 0.800. The molecule has 0 aliphatic heterocycles. The molecule has 0 aromatic rings. The topological polar surface area (TPSA) is 26.3 Å². The van der Waals surface area contributed by atoms with Gasteiger partial charge in [0.1, 0.15) is 0 Å². The second-order valence-corrected chi connectivity index (χ2v) is 16.8. The molecule has 0 atom stereocenters. The number of hydrogen-bond acceptors (Lipinski definition) is 2. The van der Waals surface area contributed by atoms with Crippen LogP contribution in [0.15, 0.2) is 0 Å². The average Bonchev–Trinajstić information content (AvgIpc) is 1.60. The minimum atomic E-state index is -1.66. The number of carbonyl (C=O) groups excluding carboxylic acids is 1. The molecule has 0 fully saturated rings. The first kappa shape index (κ1) is 11.0. The van der Waals surface area contributed by atoms with Gasteiger partial charge in [-0.05, 0) is 0 Å². The summed E-state index contributed by atoms with van der Waals surface area (Å²) in [4.78, 5) is 10.9. The van der Waals surface area contributed by atoms with Gasteiger partial charge in [-0.15, -0.1) is 0 Å². The Labute approximate surface area is 79.1 Å². The first-order chi connectivity index (χ1) is 4.33. The summed E-state index contributed by atoms with van der Waals surface area (Å²) in [5.74, 6) is 0. The SMILES string of the molecule is CC(C)(C)OC(=O)[As](Br)Br. The van der Waals surface area contributed by atoms with Crippen molar-refractivity contribution < 1.29 is 9.53 Å². The molecule has 0 rings (SSSR count). The zero-order chi connectivity index (χ0) is 8.36. The zero-order valence-electron chi connectivity index (χ0n) is 6.02. The predicted octanol–water partition coefficient (Wildman–Crippen LogP) is 2.78. The second-order valence-electron chi connectivity index (χ2n) is 2.71. The van der Waals surface area contributed by atoms with Crippen molar-refractivity contribution in [2.45, 2.75) is 26.4 Å². The summed E-state index contributed by atoms with van der Waals surface area (Å²) < 4.78 is 4.88. The van der Waals surface area contributed by atoms with E-state index in [1.807, 2.05) is 20.8 Å². The first-order valence-corrected chi connectivity index (χ1v) is 12.4. The maximum absolute atomic E-state index is 10.9. The number of rotatable bonds is 1. The quantitative estimate of drug-likeness (QED) is 0.689. The van der Waals surface area contributed by atoms with Gasteiger partial charge in [0, 0.05) is 0 Å². The molecule has 0 radical (unpaired) electrons. The van der Waals surface area contributed by atoms with Gasteiger partial charge in [0.2, 0.25) is 0 Å². The van der Waals surface area contributed by atoms with Crippen LogP contribution in [0.5, 0.6) is 0 Å². The van der Waals surface area contributed by atoms with Gasteiger partial charge in [0.15, 0.2) is 0 Å². The molecule has 0 aliphatic carbocycles. The monoisotopic (exact) mass is 334 g/mol. The van der Waals surface area contributed by atoms with Crippen molar-refractivity contribution in [3.63, 3.8) is 0 Å². The molecule has 0 heterocycles. The summed E-state index contributed by atoms with van der Waals surface area (Å²) in [6.07, 6.45) is 0. The molecule has 0 aromatic carbocycles. The normalized spacial score (nSPS) is 11.8. The average molecular weight is 336 g/mol. The Morgan fingerprint density at radius 2 is 1.80 bits per heavy atom. The number of ether oxygens (including phenoxy) is 1. The van der Waals surface area contributed by atoms with E-state index in [1.165, 1.54) is 0 Å². The Balaban J connectivity index is 3.81. The van der Waals surface area contributed by atoms with E-state index in [-0.39, 0.29) is 10.4 Å². The summed E-state index contributed by atoms with van der Waals surface area (Å²) in [6, 6.07) is 0. The molecule has 2 nitrogen and oxygen atoms in total. The number of hydrogen-bond donors (Lipinski definition) is 0. The third-order valence-corrected chi connectivity index (χ3v) is 4.31. The number of carbonyl (C=O) groups is 1. The van der Waals surface area contributed by atoms with Crippen LogP contribution in [0.2, 0.25) is 0 Å². The zero-order valence-corrected chi connectivity index (χ0v) is 11.1. The predicted molar refractivity (Wildman–Crippen MR) is 49.8 cm³/mol. The van der Waals surface area contributed by atoms with Crippen molar-refractivity contribution in [3.05, 3.63) is 0 Å². The Morgan fingerprint density at radius 3 is 1.90 bits per heavy atom. The van der Waals surface area contributed by atoms with E-state index < -0.39 is 10.9 Å². The summed E-state index contributed by atoms with van der Waals surface area (Å²) in [5, 5.41) is 0. The first-order valence-electron chi connectivity index (χ1n) is 2.67. The molecule has 0 spiro atoms. The molecule has 60 valence electrons. The fourth-order valence-electron chi connectivity index (χ4n) is 0.296. The molecule has 0 aromatic heterocycles. The van der Waals surface area contributed by atoms with Crippen molar-refractivity contribution in [3.8, 4) is 0 Å². The van der Waals surface area contributed by atoms with Crippen LogP contribution >= 0.6 is 27.9 Å². The molecule has 0 amide bonds. The molecule has 0 unspecified atom stereocenters. The van der Waals surface area contributed by atoms with E-state index in [4.69, 9.17) is 4.74 Å². The van der Waals surface area contributed by atoms with Crippen molar-refractivity contribution in [1.82, 2.24) is 0 Å². The summed E-state index contributed by atoms with van der Waals surface area (Å²) >= 11 is 6.36. The molecule has 0 bridgehead atoms. The number of halogens is 2. The van der Waals surface area contributed by atoms with Crippen LogP contribution in [0.25, 0.3) is 0 Å². The molecule has 0 saturated heterocycles. The van der Waals surface area contributed by atoms with Gasteiger partial charge in [-0.3, -0.25) is 0 Å². The van der Waals surface area contributed by atoms with E-state index in [0.29, 0.717) is 0 Å². The summed E-state index contributed by atoms with van der Waals surface area (Å²) in [6.45, 7) is 5.55. The van der Waals surface area contributed by atoms with Crippen LogP contribution in [0.1, 0.15) is 20.8 Å². The Hall–Kier alpha value is 0.988. The van der Waals surface area contributed by atoms with Crippen LogP contribution in [-0.4, -0.2) is 21.3 Å². The van der Waals surface area contributed by atoms with Gasteiger partial charge in [0.05, 0.1) is 0 Å². The van der Waals surface area contributed by atoms with Crippen LogP contribution in [0, 0.1) is 0 Å². The van der Waals surface area contributed by atoms with Gasteiger partial charge >= 0.3 is 79.4 Å². The second kappa shape index (κ2) is 4.12. The van der Waals surface area contributed by atoms with Gasteiger partial charge in [-0.2, -0.15) is 0 Å². The Morgan fingerprint density at radius 1 is 1.40 bits per heavy atom. The summed E-state index contributed by atoms with van der Waals surface area (Å²) in [7, 11) is -1.66. The third kappa shape index (κ3) is 5.75. The van der Waals surface area contributed by atoms with E-state index >= 15 is 0 Å². The van der Waals surface area contributed by atoms with E-state index in [1.54, 1.807) is 0 Å². The van der Waals surface area contributed by atoms with Crippen molar-refractivity contribution >= 4 is 43.5 Å². The Bertz CT molecular complexity index is 130. The molecule has 0 saturated carbocycles. The molecule has 0 aliphatic rings. The fourth-order valence-corrected chi connectivity index (χ4v) is 1.77. The van der Waals surface area contributed by atoms with Crippen LogP contribution < -0.4 is 0 Å². The molecule has 5 heteroatoms. The Kier molecular flexibility index (Phi) is 4.53. The molecular formula is C5H9AsBr2O2. The van der Waals surface area contributed by atoms with Crippen LogP contribution in [0.4, 0.5) is 4.79 Å². The summed E-state index contributed by atoms with van der Waals surface area (Å²) in [5.41, 5.74) is -0.369. The van der Waals surface area contributed by atoms with Gasteiger partial charge in [-0.1, -0.05) is 0 Å². The standard InChI is InChI=1S/C5H9AsBr2O2/c1-5(2,3)10-4(9)6(7)8/h1-3H3. The van der Waals surface area contributed by atoms with Crippen molar-refractivity contribution in [2.24, 2.45) is 0 Å². The third-order valence-electron chi connectivity index (χ3n) is 0.532. The molecular weight excluding hydrogens is 327 g/mol. The van der Waals surface area contributed by atoms with Crippen molar-refractivity contribution in [1.29, 1.82) is 0 Å². The van der Waals surface area contributed by atoms with Gasteiger partial charge in [-0.25, -0.2) is 0 Å². The van der Waals surface area contributed by atoms with Crippen LogP contribution in [-0.2, 0) is 4.74 Å². The van der Waals surface area contributed by atoms with E-state index in [9.17, 15) is 4.79 Å². The molecule has 0 N–H and O–H groups in total. The molecule has 10 heavy (non-hydrogen) atoms.